The summed E-state index contributed by atoms with van der Waals surface area (Å²) in [5.41, 5.74) is 4.10. The van der Waals surface area contributed by atoms with Gasteiger partial charge in [0, 0.05) is 35.2 Å². The van der Waals surface area contributed by atoms with Gasteiger partial charge in [-0.05, 0) is 30.4 Å². The first-order chi connectivity index (χ1) is 14.4. The van der Waals surface area contributed by atoms with E-state index in [2.05, 4.69) is 5.32 Å². The normalized spacial score (nSPS) is 31.5. The van der Waals surface area contributed by atoms with Crippen LogP contribution < -0.4 is 15.6 Å². The lowest BCUT2D eigenvalue weighted by Crippen LogP contribution is -2.67. The number of benzene rings is 1. The molecule has 2 aliphatic rings. The van der Waals surface area contributed by atoms with E-state index in [0.29, 0.717) is 6.42 Å². The molecule has 4 atom stereocenters. The van der Waals surface area contributed by atoms with Crippen LogP contribution in [0.25, 0.3) is 0 Å². The van der Waals surface area contributed by atoms with Gasteiger partial charge in [0.25, 0.3) is 5.69 Å². The quantitative estimate of drug-likeness (QED) is 0.236. The van der Waals surface area contributed by atoms with Crippen molar-refractivity contribution in [1.29, 1.82) is 0 Å². The van der Waals surface area contributed by atoms with Gasteiger partial charge >= 0.3 is 0 Å². The van der Waals surface area contributed by atoms with Crippen LogP contribution in [0.2, 0.25) is 0 Å². The van der Waals surface area contributed by atoms with E-state index in [4.69, 9.17) is 5.73 Å². The van der Waals surface area contributed by atoms with Crippen LogP contribution in [0.3, 0.4) is 0 Å². The van der Waals surface area contributed by atoms with E-state index in [1.807, 2.05) is 26.8 Å². The Morgan fingerprint density at radius 3 is 2.42 bits per heavy atom. The van der Waals surface area contributed by atoms with Crippen LogP contribution in [0.4, 0.5) is 17.1 Å². The van der Waals surface area contributed by atoms with E-state index in [-0.39, 0.29) is 23.0 Å². The second-order valence-electron chi connectivity index (χ2n) is 9.31. The Labute approximate surface area is 181 Å². The van der Waals surface area contributed by atoms with Gasteiger partial charge in [0.05, 0.1) is 4.92 Å². The Morgan fingerprint density at radius 1 is 1.19 bits per heavy atom. The number of nitrogens with one attached hydrogen (secondary N) is 1. The number of rotatable bonds is 5. The largest absolute Gasteiger partial charge is 0.746 e. The second-order valence-corrected chi connectivity index (χ2v) is 10.9. The molecule has 0 amide bonds. The molecule has 166 valence electrons. The lowest BCUT2D eigenvalue weighted by atomic mass is 9.68. The molecule has 1 heterocycles. The molecule has 10 heteroatoms. The van der Waals surface area contributed by atoms with Crippen LogP contribution in [0.5, 0.6) is 0 Å². The predicted octanol–water partition coefficient (Wildman–Crippen LogP) is 2.82. The van der Waals surface area contributed by atoms with Crippen molar-refractivity contribution in [2.75, 3.05) is 11.1 Å². The van der Waals surface area contributed by atoms with Crippen LogP contribution >= 0.6 is 0 Å². The Morgan fingerprint density at radius 2 is 1.84 bits per heavy atom. The number of nitrogens with zero attached hydrogens (tertiary/aromatic N) is 2. The molecule has 31 heavy (non-hydrogen) atoms. The van der Waals surface area contributed by atoms with Crippen LogP contribution in [-0.2, 0) is 10.1 Å². The molecule has 2 saturated carbocycles. The van der Waals surface area contributed by atoms with E-state index < -0.39 is 36.8 Å². The maximum atomic E-state index is 13.1. The van der Waals surface area contributed by atoms with Gasteiger partial charge in [-0.2, -0.15) is 4.57 Å². The summed E-state index contributed by atoms with van der Waals surface area (Å²) >= 11 is 0. The van der Waals surface area contributed by atoms with E-state index in [1.54, 1.807) is 29.1 Å². The Hall–Kier alpha value is -2.72. The number of nitro groups is 1. The fourth-order valence-corrected chi connectivity index (χ4v) is 7.81. The number of fused-ring (bicyclic) bond motifs is 2. The third-order valence-electron chi connectivity index (χ3n) is 7.93. The Balaban J connectivity index is 1.99. The summed E-state index contributed by atoms with van der Waals surface area (Å²) in [7, 11) is -4.95. The van der Waals surface area contributed by atoms with Crippen LogP contribution in [-0.4, -0.2) is 22.8 Å². The summed E-state index contributed by atoms with van der Waals surface area (Å²) in [5.74, 6) is -0.0927. The molecule has 4 unspecified atom stereocenters. The van der Waals surface area contributed by atoms with Gasteiger partial charge in [-0.1, -0.05) is 26.8 Å². The molecule has 2 aromatic rings. The summed E-state index contributed by atoms with van der Waals surface area (Å²) in [6.45, 7) is 5.84. The van der Waals surface area contributed by atoms with Crippen molar-refractivity contribution in [2.45, 2.75) is 44.5 Å². The van der Waals surface area contributed by atoms with Crippen molar-refractivity contribution in [1.82, 2.24) is 0 Å². The standard InChI is InChI=1S/C21H26N4O5S/c1-19(2)15-9-10-20(19,3)21(31(28,29)30,18(15)24-11-5-4-6-12-24)23-14-7-8-16(22)17(13-14)25(26)27/h4-8,11-13,15,18,23H,9-10,22H2,1-3H3. The minimum atomic E-state index is -4.95. The summed E-state index contributed by atoms with van der Waals surface area (Å²) in [6, 6.07) is 8.72. The SMILES string of the molecule is CC1(C)C2CCC1(C)C(Nc1ccc(N)c([N+](=O)[O-])c1)(S(=O)(=O)[O-])C2[n+]1ccccc1. The average molecular weight is 447 g/mol. The highest BCUT2D eigenvalue weighted by molar-refractivity contribution is 7.87. The van der Waals surface area contributed by atoms with Crippen molar-refractivity contribution < 1.29 is 22.5 Å². The third kappa shape index (κ3) is 2.71. The first kappa shape index (κ1) is 21.5. The maximum absolute atomic E-state index is 13.1. The molecular formula is C21H26N4O5S. The van der Waals surface area contributed by atoms with Crippen molar-refractivity contribution in [3.63, 3.8) is 0 Å². The van der Waals surface area contributed by atoms with Gasteiger partial charge < -0.3 is 15.6 Å². The maximum Gasteiger partial charge on any atom is 0.294 e. The first-order valence-electron chi connectivity index (χ1n) is 10.1. The highest BCUT2D eigenvalue weighted by Gasteiger charge is 2.80. The van der Waals surface area contributed by atoms with Crippen molar-refractivity contribution >= 4 is 27.2 Å². The minimum absolute atomic E-state index is 0.0388. The van der Waals surface area contributed by atoms with E-state index >= 15 is 0 Å². The smallest absolute Gasteiger partial charge is 0.294 e. The molecule has 0 spiro atoms. The number of nitrogens with two attached hydrogens (primary N) is 1. The summed E-state index contributed by atoms with van der Waals surface area (Å²) < 4.78 is 41.1. The van der Waals surface area contributed by atoms with E-state index in [0.717, 1.165) is 6.42 Å². The van der Waals surface area contributed by atoms with E-state index in [9.17, 15) is 23.1 Å². The molecule has 9 nitrogen and oxygen atoms in total. The third-order valence-corrected chi connectivity index (χ3v) is 9.52. The number of aromatic nitrogens is 1. The monoisotopic (exact) mass is 446 g/mol. The van der Waals surface area contributed by atoms with Gasteiger partial charge in [0.2, 0.25) is 0 Å². The number of anilines is 2. The average Bonchev–Trinajstić information content (AvgIpc) is 3.00. The molecular weight excluding hydrogens is 420 g/mol. The Bertz CT molecular complexity index is 1150. The lowest BCUT2D eigenvalue weighted by Gasteiger charge is -2.50. The van der Waals surface area contributed by atoms with Crippen LogP contribution in [0.1, 0.15) is 39.7 Å². The van der Waals surface area contributed by atoms with Gasteiger partial charge in [-0.25, -0.2) is 8.42 Å². The molecule has 1 aromatic heterocycles. The van der Waals surface area contributed by atoms with Crippen LogP contribution in [0, 0.1) is 26.9 Å². The number of hydrogen-bond acceptors (Lipinski definition) is 7. The number of nitrogen functional groups attached to an aromatic ring is 1. The minimum Gasteiger partial charge on any atom is -0.746 e. The van der Waals surface area contributed by atoms with Gasteiger partial charge in [0.1, 0.15) is 15.8 Å². The molecule has 0 saturated heterocycles. The predicted molar refractivity (Wildman–Crippen MR) is 114 cm³/mol. The molecule has 0 aliphatic heterocycles. The number of nitro benzene ring substituents is 1. The molecule has 3 N–H and O–H groups in total. The molecule has 2 bridgehead atoms. The van der Waals surface area contributed by atoms with Crippen molar-refractivity contribution in [3.8, 4) is 0 Å². The van der Waals surface area contributed by atoms with E-state index in [1.165, 1.54) is 18.2 Å². The topological polar surface area (TPSA) is 142 Å². The highest BCUT2D eigenvalue weighted by atomic mass is 32.2. The first-order valence-corrected chi connectivity index (χ1v) is 11.5. The van der Waals surface area contributed by atoms with Gasteiger partial charge in [-0.3, -0.25) is 10.1 Å². The Kier molecular flexibility index (Phi) is 4.61. The highest BCUT2D eigenvalue weighted by Crippen LogP contribution is 2.74. The summed E-state index contributed by atoms with van der Waals surface area (Å²) in [4.78, 5) is 8.84. The zero-order valence-electron chi connectivity index (χ0n) is 17.6. The van der Waals surface area contributed by atoms with Crippen molar-refractivity contribution in [3.05, 3.63) is 58.9 Å². The zero-order valence-corrected chi connectivity index (χ0v) is 18.4. The van der Waals surface area contributed by atoms with Crippen molar-refractivity contribution in [2.24, 2.45) is 16.7 Å². The lowest BCUT2D eigenvalue weighted by molar-refractivity contribution is -0.733. The molecule has 4 rings (SSSR count). The summed E-state index contributed by atoms with van der Waals surface area (Å²) in [6.07, 6.45) is 4.84. The number of hydrogen-bond donors (Lipinski definition) is 2. The molecule has 2 aliphatic carbocycles. The molecule has 2 fully saturated rings. The summed E-state index contributed by atoms with van der Waals surface area (Å²) in [5, 5.41) is 14.4. The molecule has 0 radical (unpaired) electrons. The van der Waals surface area contributed by atoms with Crippen LogP contribution in [0.15, 0.2) is 48.8 Å². The number of pyridine rings is 1. The fourth-order valence-electron chi connectivity index (χ4n) is 6.07. The fraction of sp³-hybridized carbons (Fsp3) is 0.476. The van der Waals surface area contributed by atoms with Gasteiger partial charge in [0.15, 0.2) is 23.3 Å². The second kappa shape index (κ2) is 6.64. The molecule has 1 aromatic carbocycles. The van der Waals surface area contributed by atoms with Gasteiger partial charge in [-0.15, -0.1) is 0 Å². The zero-order chi connectivity index (χ0) is 22.8.